The van der Waals surface area contributed by atoms with Gasteiger partial charge in [0, 0.05) is 18.5 Å². The van der Waals surface area contributed by atoms with E-state index in [9.17, 15) is 27.9 Å². The molecule has 0 radical (unpaired) electrons. The molecule has 1 aliphatic carbocycles. The lowest BCUT2D eigenvalue weighted by Gasteiger charge is -2.24. The molecular weight excluding hydrogens is 335 g/mol. The maximum atomic E-state index is 12.7. The molecule has 1 N–H and O–H groups in total. The summed E-state index contributed by atoms with van der Waals surface area (Å²) in [6.45, 7) is 0.441. The van der Waals surface area contributed by atoms with Crippen LogP contribution in [0.5, 0.6) is 0 Å². The lowest BCUT2D eigenvalue weighted by Crippen LogP contribution is -2.43. The van der Waals surface area contributed by atoms with Crippen molar-refractivity contribution >= 4 is 11.9 Å². The molecule has 7 heteroatoms. The Bertz CT molecular complexity index is 657. The minimum Gasteiger partial charge on any atom is -0.480 e. The van der Waals surface area contributed by atoms with E-state index in [1.807, 2.05) is 0 Å². The highest BCUT2D eigenvalue weighted by Crippen LogP contribution is 2.42. The van der Waals surface area contributed by atoms with E-state index in [0.29, 0.717) is 17.7 Å². The Morgan fingerprint density at radius 1 is 1.16 bits per heavy atom. The Morgan fingerprint density at radius 2 is 1.84 bits per heavy atom. The van der Waals surface area contributed by atoms with E-state index in [4.69, 9.17) is 0 Å². The zero-order valence-corrected chi connectivity index (χ0v) is 13.6. The van der Waals surface area contributed by atoms with Crippen molar-refractivity contribution in [1.29, 1.82) is 0 Å². The normalized spacial score (nSPS) is 25.9. The molecule has 3 atom stereocenters. The Morgan fingerprint density at radius 3 is 2.44 bits per heavy atom. The summed E-state index contributed by atoms with van der Waals surface area (Å²) in [5.74, 6) is -1.10. The van der Waals surface area contributed by atoms with Crippen molar-refractivity contribution in [2.24, 2.45) is 11.8 Å². The number of hydrogen-bond acceptors (Lipinski definition) is 2. The molecule has 1 saturated carbocycles. The molecule has 0 aromatic heterocycles. The Labute approximate surface area is 143 Å². The molecule has 0 bridgehead atoms. The summed E-state index contributed by atoms with van der Waals surface area (Å²) in [7, 11) is 0. The fourth-order valence-electron chi connectivity index (χ4n) is 4.10. The number of hydrogen-bond donors (Lipinski definition) is 1. The van der Waals surface area contributed by atoms with Crippen LogP contribution in [-0.4, -0.2) is 40.6 Å². The number of amides is 1. The number of fused-ring (bicyclic) bond motifs is 1. The number of aliphatic carboxylic acids is 1. The van der Waals surface area contributed by atoms with Gasteiger partial charge in [-0.3, -0.25) is 4.79 Å². The van der Waals surface area contributed by atoms with Crippen LogP contribution in [0.3, 0.4) is 0 Å². The van der Waals surface area contributed by atoms with Crippen LogP contribution in [-0.2, 0) is 11.2 Å². The number of carbonyl (C=O) groups excluding carboxylic acids is 1. The molecule has 2 aliphatic rings. The summed E-state index contributed by atoms with van der Waals surface area (Å²) in [6.07, 6.45) is -2.50. The average molecular weight is 355 g/mol. The third kappa shape index (κ3) is 3.80. The van der Waals surface area contributed by atoms with Gasteiger partial charge in [0.2, 0.25) is 0 Å². The molecule has 1 aromatic carbocycles. The third-order valence-electron chi connectivity index (χ3n) is 5.30. The van der Waals surface area contributed by atoms with Crippen LogP contribution in [0.4, 0.5) is 13.2 Å². The number of aryl methyl sites for hydroxylation is 1. The smallest absolute Gasteiger partial charge is 0.389 e. The van der Waals surface area contributed by atoms with Crippen LogP contribution in [0.25, 0.3) is 0 Å². The molecule has 1 heterocycles. The SMILES string of the molecule is O=C(O)C1C2CCCC2CN1C(=O)c1ccc(CCC(F)(F)F)cc1. The lowest BCUT2D eigenvalue weighted by molar-refractivity contribution is -0.142. The predicted octanol–water partition coefficient (Wildman–Crippen LogP) is 3.51. The maximum Gasteiger partial charge on any atom is 0.389 e. The van der Waals surface area contributed by atoms with Crippen LogP contribution in [0, 0.1) is 11.8 Å². The Balaban J connectivity index is 1.71. The summed E-state index contributed by atoms with van der Waals surface area (Å²) in [5, 5.41) is 9.52. The van der Waals surface area contributed by atoms with Gasteiger partial charge in [-0.1, -0.05) is 18.6 Å². The zero-order valence-electron chi connectivity index (χ0n) is 13.6. The second kappa shape index (κ2) is 6.69. The minimum absolute atomic E-state index is 0.00695. The van der Waals surface area contributed by atoms with E-state index >= 15 is 0 Å². The molecule has 1 saturated heterocycles. The van der Waals surface area contributed by atoms with Crippen LogP contribution in [0.1, 0.15) is 41.6 Å². The second-order valence-electron chi connectivity index (χ2n) is 6.91. The monoisotopic (exact) mass is 355 g/mol. The number of nitrogens with zero attached hydrogens (tertiary/aromatic N) is 1. The quantitative estimate of drug-likeness (QED) is 0.899. The zero-order chi connectivity index (χ0) is 18.2. The van der Waals surface area contributed by atoms with Gasteiger partial charge in [0.05, 0.1) is 0 Å². The van der Waals surface area contributed by atoms with Gasteiger partial charge in [-0.2, -0.15) is 13.2 Å². The van der Waals surface area contributed by atoms with E-state index in [0.717, 1.165) is 19.3 Å². The summed E-state index contributed by atoms with van der Waals surface area (Å²) in [4.78, 5) is 25.7. The number of carboxylic acid groups (broad SMARTS) is 1. The molecule has 3 unspecified atom stereocenters. The van der Waals surface area contributed by atoms with Crippen LogP contribution >= 0.6 is 0 Å². The minimum atomic E-state index is -4.21. The first-order valence-corrected chi connectivity index (χ1v) is 8.46. The van der Waals surface area contributed by atoms with Crippen molar-refractivity contribution in [1.82, 2.24) is 4.90 Å². The van der Waals surface area contributed by atoms with Crippen LogP contribution in [0.15, 0.2) is 24.3 Å². The van der Waals surface area contributed by atoms with Gasteiger partial charge in [-0.25, -0.2) is 4.79 Å². The number of rotatable bonds is 4. The molecule has 4 nitrogen and oxygen atoms in total. The molecule has 3 rings (SSSR count). The molecular formula is C18H20F3NO3. The maximum absolute atomic E-state index is 12.7. The standard InChI is InChI=1S/C18H20F3NO3/c19-18(20,21)9-8-11-4-6-12(7-5-11)16(23)22-10-13-2-1-3-14(13)15(22)17(24)25/h4-7,13-15H,1-3,8-10H2,(H,24,25). The molecule has 2 fully saturated rings. The summed E-state index contributed by atoms with van der Waals surface area (Å²) in [6, 6.07) is 5.18. The largest absolute Gasteiger partial charge is 0.480 e. The Kier molecular flexibility index (Phi) is 4.75. The van der Waals surface area contributed by atoms with Crippen molar-refractivity contribution < 1.29 is 27.9 Å². The predicted molar refractivity (Wildman–Crippen MR) is 84.1 cm³/mol. The van der Waals surface area contributed by atoms with Gasteiger partial charge in [0.25, 0.3) is 5.91 Å². The highest BCUT2D eigenvalue weighted by Gasteiger charge is 2.49. The number of likely N-dealkylation sites (tertiary alicyclic amines) is 1. The molecule has 1 aromatic rings. The van der Waals surface area contributed by atoms with E-state index in [-0.39, 0.29) is 24.2 Å². The average Bonchev–Trinajstić information content (AvgIpc) is 3.12. The van der Waals surface area contributed by atoms with E-state index in [1.54, 1.807) is 0 Å². The summed E-state index contributed by atoms with van der Waals surface area (Å²) < 4.78 is 36.8. The first kappa shape index (κ1) is 17.8. The van der Waals surface area contributed by atoms with Crippen molar-refractivity contribution in [2.45, 2.75) is 44.3 Å². The summed E-state index contributed by atoms with van der Waals surface area (Å²) >= 11 is 0. The van der Waals surface area contributed by atoms with Crippen molar-refractivity contribution in [3.63, 3.8) is 0 Å². The number of benzene rings is 1. The highest BCUT2D eigenvalue weighted by atomic mass is 19.4. The van der Waals surface area contributed by atoms with Crippen molar-refractivity contribution in [3.8, 4) is 0 Å². The Hall–Kier alpha value is -2.05. The topological polar surface area (TPSA) is 57.6 Å². The molecule has 0 spiro atoms. The molecule has 136 valence electrons. The van der Waals surface area contributed by atoms with E-state index in [1.165, 1.54) is 29.2 Å². The molecule has 25 heavy (non-hydrogen) atoms. The fraction of sp³-hybridized carbons (Fsp3) is 0.556. The second-order valence-corrected chi connectivity index (χ2v) is 6.91. The third-order valence-corrected chi connectivity index (χ3v) is 5.30. The lowest BCUT2D eigenvalue weighted by atomic mass is 9.94. The van der Waals surface area contributed by atoms with Gasteiger partial charge < -0.3 is 10.0 Å². The number of carboxylic acids is 1. The molecule has 1 amide bonds. The molecule has 1 aliphatic heterocycles. The fourth-order valence-corrected chi connectivity index (χ4v) is 4.10. The van der Waals surface area contributed by atoms with Gasteiger partial charge in [-0.15, -0.1) is 0 Å². The summed E-state index contributed by atoms with van der Waals surface area (Å²) in [5.41, 5.74) is 0.823. The van der Waals surface area contributed by atoms with Crippen LogP contribution in [0.2, 0.25) is 0 Å². The highest BCUT2D eigenvalue weighted by molar-refractivity contribution is 5.97. The first-order valence-electron chi connectivity index (χ1n) is 8.46. The van der Waals surface area contributed by atoms with E-state index < -0.39 is 24.6 Å². The van der Waals surface area contributed by atoms with Gasteiger partial charge in [0.15, 0.2) is 0 Å². The van der Waals surface area contributed by atoms with E-state index in [2.05, 4.69) is 0 Å². The van der Waals surface area contributed by atoms with Gasteiger partial charge in [-0.05, 0) is 48.8 Å². The van der Waals surface area contributed by atoms with Gasteiger partial charge in [0.1, 0.15) is 6.04 Å². The number of alkyl halides is 3. The number of carbonyl (C=O) groups is 2. The number of halogens is 3. The van der Waals surface area contributed by atoms with Crippen molar-refractivity contribution in [2.75, 3.05) is 6.54 Å². The van der Waals surface area contributed by atoms with Gasteiger partial charge >= 0.3 is 12.1 Å². The van der Waals surface area contributed by atoms with Crippen molar-refractivity contribution in [3.05, 3.63) is 35.4 Å². The first-order chi connectivity index (χ1) is 11.8. The van der Waals surface area contributed by atoms with Crippen LogP contribution < -0.4 is 0 Å².